The van der Waals surface area contributed by atoms with Gasteiger partial charge in [0, 0.05) is 18.5 Å². The van der Waals surface area contributed by atoms with Gasteiger partial charge in [-0.1, -0.05) is 85.6 Å². The number of hydrogen-bond donors (Lipinski definition) is 1. The van der Waals surface area contributed by atoms with Crippen molar-refractivity contribution in [2.45, 2.75) is 39.7 Å². The van der Waals surface area contributed by atoms with Crippen molar-refractivity contribution in [3.63, 3.8) is 0 Å². The Morgan fingerprint density at radius 2 is 1.55 bits per heavy atom. The number of rotatable bonds is 10. The summed E-state index contributed by atoms with van der Waals surface area (Å²) in [6.45, 7) is 4.80. The summed E-state index contributed by atoms with van der Waals surface area (Å²) in [5.41, 5.74) is 5.91. The van der Waals surface area contributed by atoms with Crippen molar-refractivity contribution in [2.24, 2.45) is 0 Å². The van der Waals surface area contributed by atoms with Crippen LogP contribution in [0.25, 0.3) is 11.3 Å². The quantitative estimate of drug-likeness (QED) is 0.308. The highest BCUT2D eigenvalue weighted by Crippen LogP contribution is 2.28. The van der Waals surface area contributed by atoms with Crippen LogP contribution in [-0.4, -0.2) is 12.9 Å². The highest BCUT2D eigenvalue weighted by Gasteiger charge is 2.19. The zero-order chi connectivity index (χ0) is 22.1. The molecule has 3 rings (SSSR count). The van der Waals surface area contributed by atoms with E-state index in [0.717, 1.165) is 46.6 Å². The van der Waals surface area contributed by atoms with Gasteiger partial charge in [-0.3, -0.25) is 4.79 Å². The molecule has 0 atom stereocenters. The van der Waals surface area contributed by atoms with Gasteiger partial charge in [0.05, 0.1) is 12.8 Å². The van der Waals surface area contributed by atoms with Gasteiger partial charge in [0.25, 0.3) is 0 Å². The van der Waals surface area contributed by atoms with Crippen molar-refractivity contribution >= 4 is 17.1 Å². The predicted octanol–water partition coefficient (Wildman–Crippen LogP) is 6.42. The van der Waals surface area contributed by atoms with E-state index >= 15 is 0 Å². The first-order valence-corrected chi connectivity index (χ1v) is 10.9. The fraction of sp³-hybridized carbons (Fsp3) is 0.250. The van der Waals surface area contributed by atoms with Crippen LogP contribution in [0.1, 0.15) is 48.4 Å². The standard InChI is InChI=1S/C28H31NO2/c1-4-5-11-26(30)27(23-9-7-6-8-10-23)28(24-16-12-21(2)13-17-24)29-20-22-14-18-25(31-3)19-15-22/h6-10,12-19,29H,4-5,11,20H2,1-3H3/b28-27+. The minimum Gasteiger partial charge on any atom is -0.497 e. The van der Waals surface area contributed by atoms with Crippen molar-refractivity contribution in [3.8, 4) is 5.75 Å². The summed E-state index contributed by atoms with van der Waals surface area (Å²) in [7, 11) is 1.67. The topological polar surface area (TPSA) is 38.3 Å². The van der Waals surface area contributed by atoms with Gasteiger partial charge in [0.2, 0.25) is 0 Å². The van der Waals surface area contributed by atoms with E-state index in [0.29, 0.717) is 13.0 Å². The lowest BCUT2D eigenvalue weighted by atomic mass is 9.93. The summed E-state index contributed by atoms with van der Waals surface area (Å²) < 4.78 is 5.27. The number of Topliss-reactive ketones (excluding diaryl/α,β-unsaturated/α-hetero) is 1. The number of aryl methyl sites for hydroxylation is 1. The van der Waals surface area contributed by atoms with E-state index in [2.05, 4.69) is 43.4 Å². The minimum atomic E-state index is 0.172. The first kappa shape index (κ1) is 22.4. The molecular formula is C28H31NO2. The van der Waals surface area contributed by atoms with Crippen molar-refractivity contribution in [3.05, 3.63) is 101 Å². The summed E-state index contributed by atoms with van der Waals surface area (Å²) in [6.07, 6.45) is 2.42. The molecule has 0 spiro atoms. The Morgan fingerprint density at radius 1 is 0.871 bits per heavy atom. The number of ketones is 1. The number of nitrogens with one attached hydrogen (secondary N) is 1. The van der Waals surface area contributed by atoms with Gasteiger partial charge < -0.3 is 10.1 Å². The summed E-state index contributed by atoms with van der Waals surface area (Å²) in [5.74, 6) is 1.00. The van der Waals surface area contributed by atoms with Crippen molar-refractivity contribution in [1.82, 2.24) is 5.32 Å². The molecule has 0 unspecified atom stereocenters. The summed E-state index contributed by atoms with van der Waals surface area (Å²) in [5, 5.41) is 3.58. The van der Waals surface area contributed by atoms with E-state index in [9.17, 15) is 4.79 Å². The lowest BCUT2D eigenvalue weighted by molar-refractivity contribution is -0.113. The van der Waals surface area contributed by atoms with E-state index in [-0.39, 0.29) is 5.78 Å². The smallest absolute Gasteiger partial charge is 0.165 e. The van der Waals surface area contributed by atoms with Gasteiger partial charge in [0.1, 0.15) is 5.75 Å². The number of carbonyl (C=O) groups is 1. The van der Waals surface area contributed by atoms with E-state index in [4.69, 9.17) is 4.74 Å². The fourth-order valence-corrected chi connectivity index (χ4v) is 3.50. The molecule has 0 heterocycles. The number of unbranched alkanes of at least 4 members (excludes halogenated alkanes) is 1. The molecule has 3 nitrogen and oxygen atoms in total. The molecule has 0 saturated heterocycles. The minimum absolute atomic E-state index is 0.172. The van der Waals surface area contributed by atoms with Crippen LogP contribution in [0.3, 0.4) is 0 Å². The first-order chi connectivity index (χ1) is 15.1. The van der Waals surface area contributed by atoms with E-state index < -0.39 is 0 Å². The SMILES string of the molecule is CCCCC(=O)/C(=C(/NCc1ccc(OC)cc1)c1ccc(C)cc1)c1ccccc1. The molecule has 31 heavy (non-hydrogen) atoms. The van der Waals surface area contributed by atoms with Crippen LogP contribution in [0.4, 0.5) is 0 Å². The van der Waals surface area contributed by atoms with Crippen LogP contribution in [0.2, 0.25) is 0 Å². The van der Waals surface area contributed by atoms with Crippen LogP contribution in [0.15, 0.2) is 78.9 Å². The van der Waals surface area contributed by atoms with Gasteiger partial charge in [0.15, 0.2) is 5.78 Å². The third-order valence-electron chi connectivity index (χ3n) is 5.32. The number of carbonyl (C=O) groups excluding carboxylic acids is 1. The maximum Gasteiger partial charge on any atom is 0.165 e. The van der Waals surface area contributed by atoms with E-state index in [1.807, 2.05) is 54.6 Å². The van der Waals surface area contributed by atoms with Crippen molar-refractivity contribution < 1.29 is 9.53 Å². The second-order valence-corrected chi connectivity index (χ2v) is 7.71. The van der Waals surface area contributed by atoms with Crippen molar-refractivity contribution in [2.75, 3.05) is 7.11 Å². The summed E-state index contributed by atoms with van der Waals surface area (Å²) in [6, 6.07) is 26.3. The molecule has 3 heteroatoms. The molecule has 0 aliphatic heterocycles. The molecular weight excluding hydrogens is 382 g/mol. The Morgan fingerprint density at radius 3 is 2.16 bits per heavy atom. The molecule has 0 aliphatic rings. The van der Waals surface area contributed by atoms with Crippen LogP contribution < -0.4 is 10.1 Å². The molecule has 0 saturated carbocycles. The number of hydrogen-bond acceptors (Lipinski definition) is 3. The number of benzene rings is 3. The highest BCUT2D eigenvalue weighted by molar-refractivity contribution is 6.27. The summed E-state index contributed by atoms with van der Waals surface area (Å²) >= 11 is 0. The second kappa shape index (κ2) is 11.2. The maximum absolute atomic E-state index is 13.4. The average Bonchev–Trinajstić information content (AvgIpc) is 2.81. The molecule has 1 N–H and O–H groups in total. The Balaban J connectivity index is 2.05. The zero-order valence-corrected chi connectivity index (χ0v) is 18.7. The lowest BCUT2D eigenvalue weighted by Gasteiger charge is -2.18. The first-order valence-electron chi connectivity index (χ1n) is 10.9. The summed E-state index contributed by atoms with van der Waals surface area (Å²) in [4.78, 5) is 13.4. The Bertz CT molecular complexity index is 1000. The fourth-order valence-electron chi connectivity index (χ4n) is 3.50. The molecule has 0 aromatic heterocycles. The highest BCUT2D eigenvalue weighted by atomic mass is 16.5. The third-order valence-corrected chi connectivity index (χ3v) is 5.32. The molecule has 0 fully saturated rings. The Kier molecular flexibility index (Phi) is 8.05. The normalized spacial score (nSPS) is 11.6. The molecule has 160 valence electrons. The molecule has 0 amide bonds. The average molecular weight is 414 g/mol. The Hall–Kier alpha value is -3.33. The van der Waals surface area contributed by atoms with Gasteiger partial charge in [-0.05, 0) is 42.2 Å². The van der Waals surface area contributed by atoms with Crippen molar-refractivity contribution in [1.29, 1.82) is 0 Å². The van der Waals surface area contributed by atoms with Crippen LogP contribution in [0.5, 0.6) is 5.75 Å². The lowest BCUT2D eigenvalue weighted by Crippen LogP contribution is -2.17. The van der Waals surface area contributed by atoms with E-state index in [1.54, 1.807) is 7.11 Å². The zero-order valence-electron chi connectivity index (χ0n) is 18.7. The molecule has 0 bridgehead atoms. The number of methoxy groups -OCH3 is 1. The maximum atomic E-state index is 13.4. The number of allylic oxidation sites excluding steroid dienone is 1. The van der Waals surface area contributed by atoms with Gasteiger partial charge in [-0.15, -0.1) is 0 Å². The van der Waals surface area contributed by atoms with Crippen LogP contribution >= 0.6 is 0 Å². The second-order valence-electron chi connectivity index (χ2n) is 7.71. The monoisotopic (exact) mass is 413 g/mol. The number of ether oxygens (including phenoxy) is 1. The Labute approximate surface area is 185 Å². The predicted molar refractivity (Wildman–Crippen MR) is 129 cm³/mol. The largest absolute Gasteiger partial charge is 0.497 e. The molecule has 3 aromatic rings. The van der Waals surface area contributed by atoms with Gasteiger partial charge in [-0.2, -0.15) is 0 Å². The molecule has 0 radical (unpaired) electrons. The van der Waals surface area contributed by atoms with Gasteiger partial charge in [-0.25, -0.2) is 0 Å². The molecule has 0 aliphatic carbocycles. The van der Waals surface area contributed by atoms with Gasteiger partial charge >= 0.3 is 0 Å². The third kappa shape index (κ3) is 6.08. The van der Waals surface area contributed by atoms with E-state index in [1.165, 1.54) is 5.56 Å². The van der Waals surface area contributed by atoms with Crippen LogP contribution in [-0.2, 0) is 11.3 Å². The molecule has 3 aromatic carbocycles. The van der Waals surface area contributed by atoms with Crippen LogP contribution in [0, 0.1) is 6.92 Å².